The highest BCUT2D eigenvalue weighted by molar-refractivity contribution is 5.96. The number of nitrogens with one attached hydrogen (secondary N) is 1. The van der Waals surface area contributed by atoms with Gasteiger partial charge in [-0.15, -0.1) is 0 Å². The Bertz CT molecular complexity index is 1040. The zero-order valence-corrected chi connectivity index (χ0v) is 18.2. The van der Waals surface area contributed by atoms with E-state index < -0.39 is 0 Å². The summed E-state index contributed by atoms with van der Waals surface area (Å²) in [5.74, 6) is 1.23. The minimum absolute atomic E-state index is 0.00320. The summed E-state index contributed by atoms with van der Waals surface area (Å²) in [6.07, 6.45) is 3.97. The number of aryl methyl sites for hydroxylation is 2. The van der Waals surface area contributed by atoms with Crippen LogP contribution in [-0.4, -0.2) is 65.3 Å². The maximum atomic E-state index is 13.2. The van der Waals surface area contributed by atoms with Crippen molar-refractivity contribution >= 4 is 11.9 Å². The van der Waals surface area contributed by atoms with Crippen LogP contribution in [0.25, 0.3) is 0 Å². The molecule has 0 bridgehead atoms. The van der Waals surface area contributed by atoms with Gasteiger partial charge in [0.2, 0.25) is 5.95 Å². The summed E-state index contributed by atoms with van der Waals surface area (Å²) in [4.78, 5) is 37.9. The summed E-state index contributed by atoms with van der Waals surface area (Å²) in [5, 5.41) is 4.03. The van der Waals surface area contributed by atoms with Crippen molar-refractivity contribution in [3.05, 3.63) is 38.6 Å². The lowest BCUT2D eigenvalue weighted by atomic mass is 9.76. The summed E-state index contributed by atoms with van der Waals surface area (Å²) in [7, 11) is 0. The minimum atomic E-state index is -0.126. The quantitative estimate of drug-likeness (QED) is 0.793. The van der Waals surface area contributed by atoms with Crippen molar-refractivity contribution in [2.75, 3.05) is 44.3 Å². The lowest BCUT2D eigenvalue weighted by Gasteiger charge is -2.39. The molecule has 3 aliphatic rings. The van der Waals surface area contributed by atoms with E-state index in [-0.39, 0.29) is 16.9 Å². The number of H-pyrrole nitrogens is 1. The summed E-state index contributed by atoms with van der Waals surface area (Å²) in [6, 6.07) is 0. The van der Waals surface area contributed by atoms with E-state index in [1.807, 2.05) is 11.8 Å². The van der Waals surface area contributed by atoms with E-state index in [9.17, 15) is 9.59 Å². The number of hydrogen-bond donors (Lipinski definition) is 1. The highest BCUT2D eigenvalue weighted by Crippen LogP contribution is 2.45. The zero-order chi connectivity index (χ0) is 21.6. The van der Waals surface area contributed by atoms with Gasteiger partial charge in [-0.05, 0) is 39.0 Å². The van der Waals surface area contributed by atoms with Gasteiger partial charge < -0.3 is 19.1 Å². The van der Waals surface area contributed by atoms with Crippen LogP contribution in [0.15, 0.2) is 9.32 Å². The predicted octanol–water partition coefficient (Wildman–Crippen LogP) is 1.59. The van der Waals surface area contributed by atoms with Gasteiger partial charge in [0.25, 0.3) is 11.5 Å². The highest BCUT2D eigenvalue weighted by atomic mass is 16.5. The van der Waals surface area contributed by atoms with E-state index in [0.717, 1.165) is 55.7 Å². The average Bonchev–Trinajstić information content (AvgIpc) is 3.35. The third-order valence-corrected chi connectivity index (χ3v) is 7.16. The number of rotatable bonds is 3. The SMILES string of the molecule is CCc1noc(C)c1C(=O)N1CCC2(CCc3c2nc(N2CCOCC2)[nH]c3=O)CC1. The minimum Gasteiger partial charge on any atom is -0.378 e. The largest absolute Gasteiger partial charge is 0.378 e. The fraction of sp³-hybridized carbons (Fsp3) is 0.636. The second-order valence-electron chi connectivity index (χ2n) is 8.80. The Morgan fingerprint density at radius 1 is 1.16 bits per heavy atom. The molecule has 2 aromatic rings. The molecule has 2 fully saturated rings. The van der Waals surface area contributed by atoms with Gasteiger partial charge in [-0.1, -0.05) is 12.1 Å². The number of nitrogens with zero attached hydrogens (tertiary/aromatic N) is 4. The van der Waals surface area contributed by atoms with Crippen molar-refractivity contribution in [1.82, 2.24) is 20.0 Å². The highest BCUT2D eigenvalue weighted by Gasteiger charge is 2.45. The standard InChI is InChI=1S/C22H29N5O4/c1-3-16-17(14(2)31-25-16)20(29)26-8-6-22(7-9-26)5-4-15-18(22)23-21(24-19(15)28)27-10-12-30-13-11-27/h3-13H2,1-2H3,(H,23,24,28). The van der Waals surface area contributed by atoms with Crippen LogP contribution in [0, 0.1) is 6.92 Å². The Labute approximate surface area is 180 Å². The fourth-order valence-corrected chi connectivity index (χ4v) is 5.28. The van der Waals surface area contributed by atoms with Crippen LogP contribution >= 0.6 is 0 Å². The van der Waals surface area contributed by atoms with Crippen LogP contribution in [-0.2, 0) is 23.0 Å². The van der Waals surface area contributed by atoms with Gasteiger partial charge in [0, 0.05) is 37.2 Å². The fourth-order valence-electron chi connectivity index (χ4n) is 5.28. The van der Waals surface area contributed by atoms with Gasteiger partial charge in [-0.3, -0.25) is 14.6 Å². The van der Waals surface area contributed by atoms with E-state index >= 15 is 0 Å². The Balaban J connectivity index is 1.38. The van der Waals surface area contributed by atoms with Crippen LogP contribution in [0.1, 0.15) is 59.3 Å². The first-order valence-corrected chi connectivity index (χ1v) is 11.2. The molecule has 9 nitrogen and oxygen atoms in total. The molecule has 2 aliphatic heterocycles. The molecule has 0 aromatic carbocycles. The first-order valence-electron chi connectivity index (χ1n) is 11.2. The number of piperidine rings is 1. The molecule has 31 heavy (non-hydrogen) atoms. The summed E-state index contributed by atoms with van der Waals surface area (Å²) < 4.78 is 10.7. The van der Waals surface area contributed by atoms with Gasteiger partial charge in [0.1, 0.15) is 11.3 Å². The second-order valence-corrected chi connectivity index (χ2v) is 8.80. The third-order valence-electron chi connectivity index (χ3n) is 7.16. The average molecular weight is 428 g/mol. The number of likely N-dealkylation sites (tertiary alicyclic amines) is 1. The molecule has 1 amide bonds. The summed E-state index contributed by atoms with van der Waals surface area (Å²) in [5.41, 5.74) is 2.94. The lowest BCUT2D eigenvalue weighted by Crippen LogP contribution is -2.45. The number of morpholine rings is 1. The molecule has 9 heteroatoms. The summed E-state index contributed by atoms with van der Waals surface area (Å²) >= 11 is 0. The monoisotopic (exact) mass is 427 g/mol. The predicted molar refractivity (Wildman–Crippen MR) is 114 cm³/mol. The normalized spacial score (nSPS) is 20.3. The Hall–Kier alpha value is -2.68. The lowest BCUT2D eigenvalue weighted by molar-refractivity contribution is 0.0661. The molecule has 0 unspecified atom stereocenters. The van der Waals surface area contributed by atoms with E-state index in [0.29, 0.717) is 50.0 Å². The number of amides is 1. The van der Waals surface area contributed by atoms with Crippen molar-refractivity contribution in [3.8, 4) is 0 Å². The molecular weight excluding hydrogens is 398 g/mol. The molecular formula is C22H29N5O4. The molecule has 5 rings (SSSR count). The van der Waals surface area contributed by atoms with E-state index in [4.69, 9.17) is 14.2 Å². The molecule has 2 saturated heterocycles. The third kappa shape index (κ3) is 3.35. The van der Waals surface area contributed by atoms with Crippen LogP contribution < -0.4 is 10.5 Å². The number of aromatic amines is 1. The van der Waals surface area contributed by atoms with Gasteiger partial charge in [0.05, 0.1) is 24.6 Å². The first-order chi connectivity index (χ1) is 15.0. The zero-order valence-electron chi connectivity index (χ0n) is 18.2. The van der Waals surface area contributed by atoms with Crippen molar-refractivity contribution in [1.29, 1.82) is 0 Å². The van der Waals surface area contributed by atoms with E-state index in [1.165, 1.54) is 0 Å². The number of hydrogen-bond acceptors (Lipinski definition) is 7. The number of aromatic nitrogens is 3. The number of fused-ring (bicyclic) bond motifs is 2. The number of ether oxygens (including phenoxy) is 1. The van der Waals surface area contributed by atoms with Crippen LogP contribution in [0.5, 0.6) is 0 Å². The van der Waals surface area contributed by atoms with Crippen LogP contribution in [0.2, 0.25) is 0 Å². The molecule has 1 spiro atoms. The van der Waals surface area contributed by atoms with Crippen LogP contribution in [0.4, 0.5) is 5.95 Å². The molecule has 0 saturated carbocycles. The Morgan fingerprint density at radius 3 is 2.61 bits per heavy atom. The molecule has 2 aromatic heterocycles. The van der Waals surface area contributed by atoms with Gasteiger partial charge in [0.15, 0.2) is 0 Å². The molecule has 4 heterocycles. The maximum Gasteiger partial charge on any atom is 0.259 e. The van der Waals surface area contributed by atoms with Crippen molar-refractivity contribution < 1.29 is 14.1 Å². The smallest absolute Gasteiger partial charge is 0.259 e. The number of carbonyl (C=O) groups is 1. The Kier molecular flexibility index (Phi) is 5.08. The molecule has 1 aliphatic carbocycles. The van der Waals surface area contributed by atoms with Gasteiger partial charge >= 0.3 is 0 Å². The topological polar surface area (TPSA) is 105 Å². The van der Waals surface area contributed by atoms with Crippen molar-refractivity contribution in [2.45, 2.75) is 51.4 Å². The van der Waals surface area contributed by atoms with E-state index in [2.05, 4.69) is 15.0 Å². The van der Waals surface area contributed by atoms with Crippen molar-refractivity contribution in [2.24, 2.45) is 0 Å². The molecule has 1 N–H and O–H groups in total. The van der Waals surface area contributed by atoms with Gasteiger partial charge in [-0.25, -0.2) is 4.98 Å². The van der Waals surface area contributed by atoms with E-state index in [1.54, 1.807) is 6.92 Å². The maximum absolute atomic E-state index is 13.2. The second kappa shape index (κ2) is 7.78. The van der Waals surface area contributed by atoms with Crippen molar-refractivity contribution in [3.63, 3.8) is 0 Å². The number of carbonyl (C=O) groups excluding carboxylic acids is 1. The number of anilines is 1. The molecule has 0 radical (unpaired) electrons. The summed E-state index contributed by atoms with van der Waals surface area (Å²) in [6.45, 7) is 7.81. The molecule has 0 atom stereocenters. The molecule has 166 valence electrons. The Morgan fingerprint density at radius 2 is 1.90 bits per heavy atom. The first kappa shape index (κ1) is 20.2. The van der Waals surface area contributed by atoms with Crippen LogP contribution in [0.3, 0.4) is 0 Å². The van der Waals surface area contributed by atoms with Gasteiger partial charge in [-0.2, -0.15) is 0 Å².